The summed E-state index contributed by atoms with van der Waals surface area (Å²) in [5.74, 6) is 0.0825. The molecule has 0 saturated carbocycles. The molecule has 1 aromatic rings. The van der Waals surface area contributed by atoms with Gasteiger partial charge in [0.1, 0.15) is 5.69 Å². The molecule has 1 unspecified atom stereocenters. The van der Waals surface area contributed by atoms with E-state index in [4.69, 9.17) is 11.6 Å². The van der Waals surface area contributed by atoms with Gasteiger partial charge in [0.2, 0.25) is 0 Å². The van der Waals surface area contributed by atoms with Gasteiger partial charge < -0.3 is 14.8 Å². The normalized spacial score (nSPS) is 18.4. The van der Waals surface area contributed by atoms with Gasteiger partial charge in [-0.3, -0.25) is 4.79 Å². The first-order valence-corrected chi connectivity index (χ1v) is 8.30. The standard InChI is InChI=1S/C16H26ClN3O/c1-4-8-19-10-13(17)9-15(19)16(21)20(12(2)3)11-14-6-5-7-18-14/h9-10,12,14,18H,4-8,11H2,1-3H3. The van der Waals surface area contributed by atoms with Crippen LogP contribution in [-0.4, -0.2) is 40.5 Å². The van der Waals surface area contributed by atoms with E-state index >= 15 is 0 Å². The first-order chi connectivity index (χ1) is 10.0. The number of aromatic nitrogens is 1. The van der Waals surface area contributed by atoms with Crippen molar-refractivity contribution in [3.8, 4) is 0 Å². The average Bonchev–Trinajstić information content (AvgIpc) is 3.05. The molecular weight excluding hydrogens is 286 g/mol. The van der Waals surface area contributed by atoms with Crippen LogP contribution in [0, 0.1) is 0 Å². The van der Waals surface area contributed by atoms with Crippen molar-refractivity contribution in [1.29, 1.82) is 0 Å². The zero-order chi connectivity index (χ0) is 15.4. The Morgan fingerprint density at radius 2 is 2.33 bits per heavy atom. The van der Waals surface area contributed by atoms with Gasteiger partial charge in [0.05, 0.1) is 5.02 Å². The van der Waals surface area contributed by atoms with Crippen LogP contribution in [0.3, 0.4) is 0 Å². The highest BCUT2D eigenvalue weighted by Crippen LogP contribution is 2.19. The van der Waals surface area contributed by atoms with Gasteiger partial charge in [-0.05, 0) is 45.7 Å². The van der Waals surface area contributed by atoms with Gasteiger partial charge in [0, 0.05) is 31.4 Å². The van der Waals surface area contributed by atoms with E-state index in [2.05, 4.69) is 26.1 Å². The lowest BCUT2D eigenvalue weighted by molar-refractivity contribution is 0.0678. The highest BCUT2D eigenvalue weighted by molar-refractivity contribution is 6.31. The van der Waals surface area contributed by atoms with E-state index in [-0.39, 0.29) is 11.9 Å². The predicted octanol–water partition coefficient (Wildman–Crippen LogP) is 3.15. The summed E-state index contributed by atoms with van der Waals surface area (Å²) in [6, 6.07) is 2.39. The van der Waals surface area contributed by atoms with Crippen LogP contribution in [0.2, 0.25) is 5.02 Å². The molecule has 4 nitrogen and oxygen atoms in total. The predicted molar refractivity (Wildman–Crippen MR) is 86.9 cm³/mol. The molecule has 1 aliphatic rings. The number of hydrogen-bond acceptors (Lipinski definition) is 2. The molecule has 1 N–H and O–H groups in total. The Morgan fingerprint density at radius 1 is 1.57 bits per heavy atom. The quantitative estimate of drug-likeness (QED) is 0.876. The molecule has 118 valence electrons. The smallest absolute Gasteiger partial charge is 0.270 e. The van der Waals surface area contributed by atoms with Crippen LogP contribution in [0.5, 0.6) is 0 Å². The number of nitrogens with zero attached hydrogens (tertiary/aromatic N) is 2. The van der Waals surface area contributed by atoms with Gasteiger partial charge in [0.15, 0.2) is 0 Å². The van der Waals surface area contributed by atoms with Crippen molar-refractivity contribution in [3.63, 3.8) is 0 Å². The summed E-state index contributed by atoms with van der Waals surface area (Å²) in [7, 11) is 0. The first-order valence-electron chi connectivity index (χ1n) is 7.93. The van der Waals surface area contributed by atoms with Crippen LogP contribution in [0.15, 0.2) is 12.3 Å². The lowest BCUT2D eigenvalue weighted by atomic mass is 10.1. The summed E-state index contributed by atoms with van der Waals surface area (Å²) in [6.07, 6.45) is 5.18. The van der Waals surface area contributed by atoms with Crippen molar-refractivity contribution in [3.05, 3.63) is 23.0 Å². The molecule has 5 heteroatoms. The second kappa shape index (κ2) is 7.32. The van der Waals surface area contributed by atoms with Crippen LogP contribution in [-0.2, 0) is 6.54 Å². The summed E-state index contributed by atoms with van der Waals surface area (Å²) < 4.78 is 1.97. The fourth-order valence-electron chi connectivity index (χ4n) is 2.91. The van der Waals surface area contributed by atoms with Crippen molar-refractivity contribution in [1.82, 2.24) is 14.8 Å². The number of halogens is 1. The van der Waals surface area contributed by atoms with Crippen molar-refractivity contribution in [2.45, 2.75) is 58.7 Å². The lowest BCUT2D eigenvalue weighted by Crippen LogP contribution is -2.45. The molecule has 1 aromatic heterocycles. The van der Waals surface area contributed by atoms with E-state index in [1.54, 1.807) is 6.07 Å². The molecule has 0 aromatic carbocycles. The molecule has 0 radical (unpaired) electrons. The van der Waals surface area contributed by atoms with E-state index in [0.29, 0.717) is 16.8 Å². The molecular formula is C16H26ClN3O. The van der Waals surface area contributed by atoms with E-state index in [0.717, 1.165) is 32.5 Å². The first kappa shape index (κ1) is 16.4. The maximum atomic E-state index is 12.9. The van der Waals surface area contributed by atoms with Gasteiger partial charge in [-0.1, -0.05) is 18.5 Å². The third-order valence-corrected chi connectivity index (χ3v) is 4.22. The largest absolute Gasteiger partial charge is 0.342 e. The minimum atomic E-state index is 0.0825. The molecule has 2 rings (SSSR count). The molecule has 1 aliphatic heterocycles. The van der Waals surface area contributed by atoms with Crippen LogP contribution in [0.25, 0.3) is 0 Å². The lowest BCUT2D eigenvalue weighted by Gasteiger charge is -2.30. The van der Waals surface area contributed by atoms with Gasteiger partial charge in [-0.15, -0.1) is 0 Å². The number of amides is 1. The number of hydrogen-bond donors (Lipinski definition) is 1. The Balaban J connectivity index is 2.17. The van der Waals surface area contributed by atoms with Gasteiger partial charge in [-0.2, -0.15) is 0 Å². The Bertz CT molecular complexity index is 478. The highest BCUT2D eigenvalue weighted by atomic mass is 35.5. The van der Waals surface area contributed by atoms with Crippen LogP contribution in [0.4, 0.5) is 0 Å². The van der Waals surface area contributed by atoms with E-state index in [1.807, 2.05) is 15.7 Å². The van der Waals surface area contributed by atoms with Crippen LogP contribution >= 0.6 is 11.6 Å². The fraction of sp³-hybridized carbons (Fsp3) is 0.688. The summed E-state index contributed by atoms with van der Waals surface area (Å²) in [4.78, 5) is 14.9. The van der Waals surface area contributed by atoms with Gasteiger partial charge in [0.25, 0.3) is 5.91 Å². The molecule has 1 saturated heterocycles. The summed E-state index contributed by atoms with van der Waals surface area (Å²) >= 11 is 6.10. The van der Waals surface area contributed by atoms with E-state index < -0.39 is 0 Å². The third kappa shape index (κ3) is 4.01. The average molecular weight is 312 g/mol. The van der Waals surface area contributed by atoms with Gasteiger partial charge in [-0.25, -0.2) is 0 Å². The Kier molecular flexibility index (Phi) is 5.71. The molecule has 1 atom stereocenters. The minimum Gasteiger partial charge on any atom is -0.342 e. The summed E-state index contributed by atoms with van der Waals surface area (Å²) in [5, 5.41) is 4.10. The maximum Gasteiger partial charge on any atom is 0.270 e. The van der Waals surface area contributed by atoms with Crippen molar-refractivity contribution >= 4 is 17.5 Å². The number of aryl methyl sites for hydroxylation is 1. The molecule has 0 bridgehead atoms. The minimum absolute atomic E-state index is 0.0825. The van der Waals surface area contributed by atoms with Crippen LogP contribution in [0.1, 0.15) is 50.5 Å². The summed E-state index contributed by atoms with van der Waals surface area (Å²) in [5.41, 5.74) is 0.702. The zero-order valence-electron chi connectivity index (χ0n) is 13.2. The van der Waals surface area contributed by atoms with Crippen molar-refractivity contribution in [2.75, 3.05) is 13.1 Å². The van der Waals surface area contributed by atoms with Crippen LogP contribution < -0.4 is 5.32 Å². The van der Waals surface area contributed by atoms with E-state index in [1.165, 1.54) is 6.42 Å². The zero-order valence-corrected chi connectivity index (χ0v) is 14.0. The van der Waals surface area contributed by atoms with E-state index in [9.17, 15) is 4.79 Å². The molecule has 21 heavy (non-hydrogen) atoms. The number of nitrogens with one attached hydrogen (secondary N) is 1. The van der Waals surface area contributed by atoms with Crippen molar-refractivity contribution < 1.29 is 4.79 Å². The number of rotatable bonds is 6. The van der Waals surface area contributed by atoms with Crippen molar-refractivity contribution in [2.24, 2.45) is 0 Å². The topological polar surface area (TPSA) is 37.3 Å². The molecule has 1 fully saturated rings. The second-order valence-corrected chi connectivity index (χ2v) is 6.52. The van der Waals surface area contributed by atoms with Gasteiger partial charge >= 0.3 is 0 Å². The Hall–Kier alpha value is -1.00. The fourth-order valence-corrected chi connectivity index (χ4v) is 3.13. The Labute approximate surface area is 132 Å². The monoisotopic (exact) mass is 311 g/mol. The summed E-state index contributed by atoms with van der Waals surface area (Å²) in [6.45, 7) is 8.89. The Morgan fingerprint density at radius 3 is 2.90 bits per heavy atom. The second-order valence-electron chi connectivity index (χ2n) is 6.08. The number of carbonyl (C=O) groups excluding carboxylic acids is 1. The maximum absolute atomic E-state index is 12.9. The third-order valence-electron chi connectivity index (χ3n) is 4.01. The molecule has 2 heterocycles. The number of carbonyl (C=O) groups is 1. The molecule has 1 amide bonds. The SMILES string of the molecule is CCCn1cc(Cl)cc1C(=O)N(CC1CCCN1)C(C)C. The molecule has 0 spiro atoms. The molecule has 0 aliphatic carbocycles. The highest BCUT2D eigenvalue weighted by Gasteiger charge is 2.26.